The highest BCUT2D eigenvalue weighted by Crippen LogP contribution is 2.27. The molecule has 0 aromatic heterocycles. The second-order valence-electron chi connectivity index (χ2n) is 7.99. The second kappa shape index (κ2) is 9.03. The predicted octanol–water partition coefficient (Wildman–Crippen LogP) is 2.82. The average molecular weight is 322 g/mol. The van der Waals surface area contributed by atoms with Crippen molar-refractivity contribution in [2.75, 3.05) is 39.4 Å². The fraction of sp³-hybridized carbons (Fsp3) is 0.947. The summed E-state index contributed by atoms with van der Waals surface area (Å²) >= 11 is 0. The minimum absolute atomic E-state index is 0.290. The largest absolute Gasteiger partial charge is 0.381 e. The van der Waals surface area contributed by atoms with E-state index in [1.54, 1.807) is 0 Å². The summed E-state index contributed by atoms with van der Waals surface area (Å²) in [5, 5.41) is 3.20. The number of hydrogen-bond donors (Lipinski definition) is 1. The third-order valence-corrected chi connectivity index (χ3v) is 6.01. The topological polar surface area (TPSA) is 41.6 Å². The van der Waals surface area contributed by atoms with E-state index in [0.717, 1.165) is 32.1 Å². The molecule has 0 radical (unpaired) electrons. The molecule has 3 fully saturated rings. The van der Waals surface area contributed by atoms with Crippen molar-refractivity contribution in [1.82, 2.24) is 10.2 Å². The SMILES string of the molecule is O=C(CC1CCCC1)NCC1CCN(CC2CCCOC2)CC1. The molecule has 2 heterocycles. The van der Waals surface area contributed by atoms with Crippen molar-refractivity contribution in [3.8, 4) is 0 Å². The molecule has 1 saturated carbocycles. The average Bonchev–Trinajstić information content (AvgIpc) is 3.08. The van der Waals surface area contributed by atoms with Crippen LogP contribution < -0.4 is 5.32 Å². The number of carbonyl (C=O) groups excluding carboxylic acids is 1. The van der Waals surface area contributed by atoms with Gasteiger partial charge < -0.3 is 15.0 Å². The van der Waals surface area contributed by atoms with Gasteiger partial charge in [-0.1, -0.05) is 12.8 Å². The van der Waals surface area contributed by atoms with E-state index in [9.17, 15) is 4.79 Å². The lowest BCUT2D eigenvalue weighted by Crippen LogP contribution is -2.41. The van der Waals surface area contributed by atoms with Crippen LogP contribution in [0.3, 0.4) is 0 Å². The van der Waals surface area contributed by atoms with Crippen LogP contribution >= 0.6 is 0 Å². The Balaban J connectivity index is 1.27. The standard InChI is InChI=1S/C19H34N2O2/c22-19(12-16-4-1-2-5-16)20-13-17-7-9-21(10-8-17)14-18-6-3-11-23-15-18/h16-18H,1-15H2,(H,20,22). The molecule has 2 saturated heterocycles. The highest BCUT2D eigenvalue weighted by atomic mass is 16.5. The lowest BCUT2D eigenvalue weighted by Gasteiger charge is -2.35. The summed E-state index contributed by atoms with van der Waals surface area (Å²) in [4.78, 5) is 14.6. The van der Waals surface area contributed by atoms with Gasteiger partial charge in [0.2, 0.25) is 5.91 Å². The summed E-state index contributed by atoms with van der Waals surface area (Å²) < 4.78 is 5.59. The van der Waals surface area contributed by atoms with Crippen LogP contribution in [0.1, 0.15) is 57.8 Å². The van der Waals surface area contributed by atoms with Crippen LogP contribution in [0.5, 0.6) is 0 Å². The van der Waals surface area contributed by atoms with Gasteiger partial charge in [0.05, 0.1) is 6.61 Å². The molecule has 1 N–H and O–H groups in total. The van der Waals surface area contributed by atoms with Gasteiger partial charge in [0.1, 0.15) is 0 Å². The maximum atomic E-state index is 12.0. The summed E-state index contributed by atoms with van der Waals surface area (Å²) in [5.41, 5.74) is 0. The maximum absolute atomic E-state index is 12.0. The first-order valence-corrected chi connectivity index (χ1v) is 9.86. The molecule has 4 heteroatoms. The maximum Gasteiger partial charge on any atom is 0.220 e. The highest BCUT2D eigenvalue weighted by Gasteiger charge is 2.24. The minimum atomic E-state index is 0.290. The number of hydrogen-bond acceptors (Lipinski definition) is 3. The molecule has 3 aliphatic rings. The van der Waals surface area contributed by atoms with Gasteiger partial charge in [-0.25, -0.2) is 0 Å². The van der Waals surface area contributed by atoms with Crippen LogP contribution in [0.2, 0.25) is 0 Å². The van der Waals surface area contributed by atoms with Crippen molar-refractivity contribution in [2.24, 2.45) is 17.8 Å². The molecule has 0 aromatic carbocycles. The summed E-state index contributed by atoms with van der Waals surface area (Å²) in [6.45, 7) is 6.41. The Kier molecular flexibility index (Phi) is 6.76. The third kappa shape index (κ3) is 5.75. The van der Waals surface area contributed by atoms with Crippen molar-refractivity contribution < 1.29 is 9.53 Å². The van der Waals surface area contributed by atoms with Gasteiger partial charge in [-0.15, -0.1) is 0 Å². The number of likely N-dealkylation sites (tertiary alicyclic amines) is 1. The summed E-state index contributed by atoms with van der Waals surface area (Å²) in [6.07, 6.45) is 11.0. The summed E-state index contributed by atoms with van der Waals surface area (Å²) in [7, 11) is 0. The fourth-order valence-electron chi connectivity index (χ4n) is 4.50. The Morgan fingerprint density at radius 1 is 0.957 bits per heavy atom. The van der Waals surface area contributed by atoms with Crippen LogP contribution in [0.15, 0.2) is 0 Å². The van der Waals surface area contributed by atoms with E-state index in [4.69, 9.17) is 4.74 Å². The molecule has 2 aliphatic heterocycles. The first-order chi connectivity index (χ1) is 11.3. The van der Waals surface area contributed by atoms with Crippen LogP contribution in [-0.4, -0.2) is 50.2 Å². The Morgan fingerprint density at radius 3 is 2.39 bits per heavy atom. The van der Waals surface area contributed by atoms with Gasteiger partial charge in [0, 0.05) is 26.1 Å². The Labute approximate surface area is 141 Å². The number of piperidine rings is 1. The molecule has 0 bridgehead atoms. The number of amides is 1. The van der Waals surface area contributed by atoms with Crippen LogP contribution in [0.4, 0.5) is 0 Å². The van der Waals surface area contributed by atoms with E-state index in [2.05, 4.69) is 10.2 Å². The van der Waals surface area contributed by atoms with Gasteiger partial charge in [0.25, 0.3) is 0 Å². The molecule has 0 spiro atoms. The number of nitrogens with zero attached hydrogens (tertiary/aromatic N) is 1. The molecule has 1 aliphatic carbocycles. The smallest absolute Gasteiger partial charge is 0.220 e. The first-order valence-electron chi connectivity index (χ1n) is 9.86. The second-order valence-corrected chi connectivity index (χ2v) is 7.99. The van der Waals surface area contributed by atoms with E-state index in [-0.39, 0.29) is 0 Å². The molecule has 0 aromatic rings. The number of rotatable bonds is 6. The quantitative estimate of drug-likeness (QED) is 0.817. The zero-order valence-corrected chi connectivity index (χ0v) is 14.6. The Morgan fingerprint density at radius 2 is 1.70 bits per heavy atom. The van der Waals surface area contributed by atoms with Gasteiger partial charge in [-0.2, -0.15) is 0 Å². The summed E-state index contributed by atoms with van der Waals surface area (Å²) in [6, 6.07) is 0. The first kappa shape index (κ1) is 17.2. The minimum Gasteiger partial charge on any atom is -0.381 e. The molecular weight excluding hydrogens is 288 g/mol. The number of ether oxygens (including phenoxy) is 1. The van der Waals surface area contributed by atoms with E-state index in [1.807, 2.05) is 0 Å². The molecule has 3 rings (SSSR count). The lowest BCUT2D eigenvalue weighted by atomic mass is 9.94. The van der Waals surface area contributed by atoms with Crippen molar-refractivity contribution in [3.05, 3.63) is 0 Å². The van der Waals surface area contributed by atoms with Crippen molar-refractivity contribution in [2.45, 2.75) is 57.8 Å². The van der Waals surface area contributed by atoms with Crippen LogP contribution in [0, 0.1) is 17.8 Å². The molecule has 1 amide bonds. The Bertz CT molecular complexity index is 354. The Hall–Kier alpha value is -0.610. The predicted molar refractivity (Wildman–Crippen MR) is 92.3 cm³/mol. The lowest BCUT2D eigenvalue weighted by molar-refractivity contribution is -0.122. The van der Waals surface area contributed by atoms with E-state index < -0.39 is 0 Å². The molecule has 1 atom stereocenters. The van der Waals surface area contributed by atoms with E-state index in [0.29, 0.717) is 17.7 Å². The molecule has 132 valence electrons. The van der Waals surface area contributed by atoms with Gasteiger partial charge in [-0.05, 0) is 69.4 Å². The van der Waals surface area contributed by atoms with Gasteiger partial charge in [-0.3, -0.25) is 4.79 Å². The van der Waals surface area contributed by atoms with Gasteiger partial charge >= 0.3 is 0 Å². The van der Waals surface area contributed by atoms with Crippen molar-refractivity contribution >= 4 is 5.91 Å². The van der Waals surface area contributed by atoms with Crippen molar-refractivity contribution in [3.63, 3.8) is 0 Å². The van der Waals surface area contributed by atoms with Gasteiger partial charge in [0.15, 0.2) is 0 Å². The van der Waals surface area contributed by atoms with E-state index in [1.165, 1.54) is 71.0 Å². The fourth-order valence-corrected chi connectivity index (χ4v) is 4.50. The zero-order chi connectivity index (χ0) is 15.9. The van der Waals surface area contributed by atoms with E-state index >= 15 is 0 Å². The molecule has 4 nitrogen and oxygen atoms in total. The normalized spacial score (nSPS) is 28.1. The van der Waals surface area contributed by atoms with Crippen LogP contribution in [0.25, 0.3) is 0 Å². The zero-order valence-electron chi connectivity index (χ0n) is 14.6. The third-order valence-electron chi connectivity index (χ3n) is 6.01. The molecule has 23 heavy (non-hydrogen) atoms. The monoisotopic (exact) mass is 322 g/mol. The van der Waals surface area contributed by atoms with Crippen LogP contribution in [-0.2, 0) is 9.53 Å². The van der Waals surface area contributed by atoms with Crippen molar-refractivity contribution in [1.29, 1.82) is 0 Å². The number of nitrogens with one attached hydrogen (secondary N) is 1. The highest BCUT2D eigenvalue weighted by molar-refractivity contribution is 5.76. The number of carbonyl (C=O) groups is 1. The molecule has 1 unspecified atom stereocenters. The molecular formula is C19H34N2O2. The summed E-state index contributed by atoms with van der Waals surface area (Å²) in [5.74, 6) is 2.38.